The lowest BCUT2D eigenvalue weighted by Gasteiger charge is -2.08. The first-order valence-corrected chi connectivity index (χ1v) is 5.89. The van der Waals surface area contributed by atoms with Crippen molar-refractivity contribution in [1.29, 1.82) is 0 Å². The number of nitrogens with zero attached hydrogens (tertiary/aromatic N) is 3. The van der Waals surface area contributed by atoms with Gasteiger partial charge in [-0.2, -0.15) is 0 Å². The highest BCUT2D eigenvalue weighted by atomic mass is 16.5. The Bertz CT molecular complexity index is 717. The highest BCUT2D eigenvalue weighted by Crippen LogP contribution is 2.30. The van der Waals surface area contributed by atoms with Crippen molar-refractivity contribution in [2.75, 3.05) is 7.11 Å². The zero-order valence-electron chi connectivity index (χ0n) is 10.7. The molecule has 0 spiro atoms. The van der Waals surface area contributed by atoms with Gasteiger partial charge in [-0.05, 0) is 30.7 Å². The molecule has 0 amide bonds. The van der Waals surface area contributed by atoms with Crippen molar-refractivity contribution >= 4 is 11.0 Å². The minimum absolute atomic E-state index is 0.154. The van der Waals surface area contributed by atoms with Crippen LogP contribution in [0.3, 0.4) is 0 Å². The molecule has 0 unspecified atom stereocenters. The summed E-state index contributed by atoms with van der Waals surface area (Å²) in [7, 11) is 1.59. The zero-order valence-corrected chi connectivity index (χ0v) is 10.7. The number of phenols is 1. The monoisotopic (exact) mass is 255 g/mol. The summed E-state index contributed by atoms with van der Waals surface area (Å²) in [6.45, 7) is 1.81. The molecule has 0 aliphatic carbocycles. The van der Waals surface area contributed by atoms with Crippen molar-refractivity contribution < 1.29 is 9.84 Å². The second-order valence-corrected chi connectivity index (χ2v) is 4.29. The van der Waals surface area contributed by atoms with E-state index in [1.807, 2.05) is 31.2 Å². The Morgan fingerprint density at radius 2 is 1.74 bits per heavy atom. The molecule has 5 nitrogen and oxygen atoms in total. The molecule has 0 aliphatic rings. The number of fused-ring (bicyclic) bond motifs is 1. The Labute approximate surface area is 110 Å². The molecule has 3 aromatic rings. The van der Waals surface area contributed by atoms with Crippen molar-refractivity contribution in [2.45, 2.75) is 6.92 Å². The molecule has 5 heteroatoms. The fraction of sp³-hybridized carbons (Fsp3) is 0.143. The maximum Gasteiger partial charge on any atom is 0.146 e. The van der Waals surface area contributed by atoms with Gasteiger partial charge in [0.25, 0.3) is 0 Å². The van der Waals surface area contributed by atoms with Gasteiger partial charge in [-0.15, -0.1) is 15.0 Å². The molecule has 2 aromatic carbocycles. The molecular weight excluding hydrogens is 242 g/mol. The van der Waals surface area contributed by atoms with Crippen molar-refractivity contribution in [2.24, 2.45) is 0 Å². The summed E-state index contributed by atoms with van der Waals surface area (Å²) < 4.78 is 5.21. The number of hydrogen-bond donors (Lipinski definition) is 1. The van der Waals surface area contributed by atoms with Crippen LogP contribution in [-0.4, -0.2) is 27.2 Å². The van der Waals surface area contributed by atoms with E-state index in [2.05, 4.69) is 10.2 Å². The van der Waals surface area contributed by atoms with Crippen LogP contribution in [0.25, 0.3) is 16.7 Å². The molecule has 0 fully saturated rings. The van der Waals surface area contributed by atoms with Gasteiger partial charge < -0.3 is 9.84 Å². The first-order chi connectivity index (χ1) is 9.19. The highest BCUT2D eigenvalue weighted by molar-refractivity contribution is 5.73. The van der Waals surface area contributed by atoms with Gasteiger partial charge >= 0.3 is 0 Å². The normalized spacial score (nSPS) is 10.8. The van der Waals surface area contributed by atoms with E-state index in [1.54, 1.807) is 19.2 Å². The van der Waals surface area contributed by atoms with E-state index in [9.17, 15) is 5.11 Å². The number of ether oxygens (including phenoxy) is 1. The maximum absolute atomic E-state index is 10.1. The smallest absolute Gasteiger partial charge is 0.146 e. The van der Waals surface area contributed by atoms with Crippen LogP contribution in [0.1, 0.15) is 5.56 Å². The summed E-state index contributed by atoms with van der Waals surface area (Å²) in [4.78, 5) is 1.43. The number of aromatic hydroxyl groups is 1. The van der Waals surface area contributed by atoms with Crippen LogP contribution in [0, 0.1) is 6.92 Å². The van der Waals surface area contributed by atoms with E-state index < -0.39 is 0 Å². The number of benzene rings is 2. The molecule has 0 saturated heterocycles. The Kier molecular flexibility index (Phi) is 2.59. The van der Waals surface area contributed by atoms with Crippen molar-refractivity contribution in [3.63, 3.8) is 0 Å². The van der Waals surface area contributed by atoms with Crippen LogP contribution < -0.4 is 4.74 Å². The molecule has 1 aromatic heterocycles. The van der Waals surface area contributed by atoms with Gasteiger partial charge in [0, 0.05) is 6.07 Å². The van der Waals surface area contributed by atoms with Crippen LogP contribution in [-0.2, 0) is 0 Å². The lowest BCUT2D eigenvalue weighted by molar-refractivity contribution is 0.410. The van der Waals surface area contributed by atoms with Gasteiger partial charge in [-0.1, -0.05) is 12.1 Å². The molecule has 19 heavy (non-hydrogen) atoms. The average molecular weight is 255 g/mol. The van der Waals surface area contributed by atoms with Gasteiger partial charge in [-0.25, -0.2) is 0 Å². The topological polar surface area (TPSA) is 60.2 Å². The van der Waals surface area contributed by atoms with Crippen molar-refractivity contribution in [3.05, 3.63) is 42.0 Å². The molecule has 0 saturated carbocycles. The second kappa shape index (κ2) is 4.28. The molecule has 0 radical (unpaired) electrons. The van der Waals surface area contributed by atoms with E-state index in [0.717, 1.165) is 16.6 Å². The number of hydrogen-bond acceptors (Lipinski definition) is 4. The molecule has 96 valence electrons. The van der Waals surface area contributed by atoms with Crippen LogP contribution >= 0.6 is 0 Å². The number of aryl methyl sites for hydroxylation is 1. The molecular formula is C14H13N3O2. The largest absolute Gasteiger partial charge is 0.505 e. The van der Waals surface area contributed by atoms with E-state index in [1.165, 1.54) is 4.80 Å². The molecule has 0 atom stereocenters. The summed E-state index contributed by atoms with van der Waals surface area (Å²) in [5.74, 6) is 0.813. The third-order valence-electron chi connectivity index (χ3n) is 2.99. The van der Waals surface area contributed by atoms with Crippen LogP contribution in [0.2, 0.25) is 0 Å². The number of rotatable bonds is 2. The summed E-state index contributed by atoms with van der Waals surface area (Å²) >= 11 is 0. The van der Waals surface area contributed by atoms with Crippen molar-refractivity contribution in [1.82, 2.24) is 15.0 Å². The zero-order chi connectivity index (χ0) is 13.4. The van der Waals surface area contributed by atoms with Gasteiger partial charge in [0.15, 0.2) is 0 Å². The predicted molar refractivity (Wildman–Crippen MR) is 71.8 cm³/mol. The SMILES string of the molecule is COc1cc(C)c(O)c(-n2nc3ccccc3n2)c1. The minimum Gasteiger partial charge on any atom is -0.505 e. The Balaban J connectivity index is 2.23. The second-order valence-electron chi connectivity index (χ2n) is 4.29. The fourth-order valence-corrected chi connectivity index (χ4v) is 1.97. The number of methoxy groups -OCH3 is 1. The molecule has 0 bridgehead atoms. The third kappa shape index (κ3) is 1.89. The Morgan fingerprint density at radius 1 is 1.11 bits per heavy atom. The minimum atomic E-state index is 0.154. The third-order valence-corrected chi connectivity index (χ3v) is 2.99. The van der Waals surface area contributed by atoms with Gasteiger partial charge in [0.05, 0.1) is 7.11 Å². The van der Waals surface area contributed by atoms with Crippen molar-refractivity contribution in [3.8, 4) is 17.2 Å². The first-order valence-electron chi connectivity index (χ1n) is 5.89. The standard InChI is InChI=1S/C14H13N3O2/c1-9-7-10(19-2)8-13(14(9)18)17-15-11-5-3-4-6-12(11)16-17/h3-8,18H,1-2H3. The van der Waals surface area contributed by atoms with E-state index >= 15 is 0 Å². The van der Waals surface area contributed by atoms with Crippen LogP contribution in [0.4, 0.5) is 0 Å². The Hall–Kier alpha value is -2.56. The highest BCUT2D eigenvalue weighted by Gasteiger charge is 2.12. The lowest BCUT2D eigenvalue weighted by atomic mass is 10.2. The summed E-state index contributed by atoms with van der Waals surface area (Å²) in [5, 5.41) is 18.8. The van der Waals surface area contributed by atoms with E-state index in [0.29, 0.717) is 11.4 Å². The first kappa shape index (κ1) is 11.5. The molecule has 0 aliphatic heterocycles. The van der Waals surface area contributed by atoms with E-state index in [-0.39, 0.29) is 5.75 Å². The molecule has 1 N–H and O–H groups in total. The van der Waals surface area contributed by atoms with Crippen LogP contribution in [0.15, 0.2) is 36.4 Å². The van der Waals surface area contributed by atoms with Crippen LogP contribution in [0.5, 0.6) is 11.5 Å². The molecule has 3 rings (SSSR count). The van der Waals surface area contributed by atoms with E-state index in [4.69, 9.17) is 4.74 Å². The Morgan fingerprint density at radius 3 is 2.32 bits per heavy atom. The maximum atomic E-state index is 10.1. The van der Waals surface area contributed by atoms with Gasteiger partial charge in [0.2, 0.25) is 0 Å². The van der Waals surface area contributed by atoms with Gasteiger partial charge in [-0.3, -0.25) is 0 Å². The summed E-state index contributed by atoms with van der Waals surface area (Å²) in [5.41, 5.74) is 2.79. The lowest BCUT2D eigenvalue weighted by Crippen LogP contribution is -2.00. The molecule has 1 heterocycles. The number of phenolic OH excluding ortho intramolecular Hbond substituents is 1. The number of aromatic nitrogens is 3. The summed E-state index contributed by atoms with van der Waals surface area (Å²) in [6.07, 6.45) is 0. The predicted octanol–water partition coefficient (Wildman–Crippen LogP) is 2.44. The average Bonchev–Trinajstić information content (AvgIpc) is 2.85. The quantitative estimate of drug-likeness (QED) is 0.764. The van der Waals surface area contributed by atoms with Gasteiger partial charge in [0.1, 0.15) is 28.2 Å². The fourth-order valence-electron chi connectivity index (χ4n) is 1.97. The summed E-state index contributed by atoms with van der Waals surface area (Å²) in [6, 6.07) is 11.0.